The van der Waals surface area contributed by atoms with E-state index >= 15 is 0 Å². The van der Waals surface area contributed by atoms with Crippen LogP contribution in [0.2, 0.25) is 0 Å². The van der Waals surface area contributed by atoms with Crippen molar-refractivity contribution in [2.45, 2.75) is 58.1 Å². The number of hydrogen-bond donors (Lipinski definition) is 0. The van der Waals surface area contributed by atoms with Crippen molar-refractivity contribution in [3.63, 3.8) is 0 Å². The minimum atomic E-state index is -1.08. The third-order valence-corrected chi connectivity index (χ3v) is 4.31. The van der Waals surface area contributed by atoms with Crippen molar-refractivity contribution in [1.82, 2.24) is 0 Å². The summed E-state index contributed by atoms with van der Waals surface area (Å²) in [7, 11) is 0. The van der Waals surface area contributed by atoms with Gasteiger partial charge in [-0.15, -0.1) is 0 Å². The van der Waals surface area contributed by atoms with E-state index in [1.807, 2.05) is 27.0 Å². The third-order valence-electron chi connectivity index (χ3n) is 2.95. The van der Waals surface area contributed by atoms with Gasteiger partial charge >= 0.3 is 0 Å². The van der Waals surface area contributed by atoms with Crippen molar-refractivity contribution in [1.29, 1.82) is 0 Å². The van der Waals surface area contributed by atoms with Crippen LogP contribution in [0.3, 0.4) is 0 Å². The lowest BCUT2D eigenvalue weighted by molar-refractivity contribution is 0.347. The first-order chi connectivity index (χ1) is 6.89. The Morgan fingerprint density at radius 1 is 1.20 bits per heavy atom. The second kappa shape index (κ2) is 5.35. The lowest BCUT2D eigenvalue weighted by Crippen LogP contribution is -2.26. The van der Waals surface area contributed by atoms with Gasteiger partial charge in [0.1, 0.15) is 16.1 Å². The van der Waals surface area contributed by atoms with E-state index in [2.05, 4.69) is 11.3 Å². The Bertz CT molecular complexity index is 214. The van der Waals surface area contributed by atoms with E-state index in [9.17, 15) is 4.55 Å². The maximum Gasteiger partial charge on any atom is 0.144 e. The van der Waals surface area contributed by atoms with E-state index in [0.717, 1.165) is 5.92 Å². The Labute approximate surface area is 96.9 Å². The Morgan fingerprint density at radius 2 is 1.73 bits per heavy atom. The van der Waals surface area contributed by atoms with Crippen LogP contribution in [0.15, 0.2) is 4.40 Å². The first-order valence-corrected chi connectivity index (χ1v) is 6.96. The van der Waals surface area contributed by atoms with Crippen LogP contribution in [0.25, 0.3) is 0 Å². The summed E-state index contributed by atoms with van der Waals surface area (Å²) in [6.45, 7) is 8.19. The molecule has 1 saturated carbocycles. The van der Waals surface area contributed by atoms with Crippen molar-refractivity contribution in [2.24, 2.45) is 16.2 Å². The van der Waals surface area contributed by atoms with Gasteiger partial charge in [0.05, 0.1) is 6.21 Å². The lowest BCUT2D eigenvalue weighted by Gasteiger charge is -2.23. The van der Waals surface area contributed by atoms with Crippen molar-refractivity contribution in [2.75, 3.05) is 0 Å². The third kappa shape index (κ3) is 4.56. The molecule has 1 atom stereocenters. The molecule has 1 fully saturated rings. The fourth-order valence-electron chi connectivity index (χ4n) is 1.73. The minimum Gasteiger partial charge on any atom is -0.591 e. The van der Waals surface area contributed by atoms with E-state index in [-0.39, 0.29) is 4.75 Å². The van der Waals surface area contributed by atoms with Crippen LogP contribution in [0, 0.1) is 11.8 Å². The monoisotopic (exact) mass is 229 g/mol. The van der Waals surface area contributed by atoms with Gasteiger partial charge in [-0.25, -0.2) is 0 Å². The molecule has 1 aliphatic rings. The summed E-state index contributed by atoms with van der Waals surface area (Å²) >= 11 is -1.08. The van der Waals surface area contributed by atoms with Gasteiger partial charge in [0, 0.05) is 0 Å². The zero-order valence-electron chi connectivity index (χ0n) is 10.3. The van der Waals surface area contributed by atoms with Gasteiger partial charge in [-0.2, -0.15) is 0 Å². The Morgan fingerprint density at radius 3 is 2.20 bits per heavy atom. The maximum absolute atomic E-state index is 11.7. The van der Waals surface area contributed by atoms with Gasteiger partial charge in [-0.3, -0.25) is 0 Å². The molecule has 0 unspecified atom stereocenters. The zero-order valence-corrected chi connectivity index (χ0v) is 11.1. The average Bonchev–Trinajstić information content (AvgIpc) is 2.15. The highest BCUT2D eigenvalue weighted by molar-refractivity contribution is 7.91. The quantitative estimate of drug-likeness (QED) is 0.528. The molecule has 3 heteroatoms. The van der Waals surface area contributed by atoms with Crippen molar-refractivity contribution >= 4 is 17.6 Å². The Kier molecular flexibility index (Phi) is 4.65. The summed E-state index contributed by atoms with van der Waals surface area (Å²) < 4.78 is 15.7. The molecule has 0 spiro atoms. The molecule has 0 radical (unpaired) electrons. The SMILES string of the molecule is CC(C)(C)[S@+]([O-])/N=C/[C@H]1CC[C@H](C)CC1. The first kappa shape index (κ1) is 13.0. The summed E-state index contributed by atoms with van der Waals surface area (Å²) in [5.74, 6) is 1.43. The zero-order chi connectivity index (χ0) is 11.5. The molecular weight excluding hydrogens is 206 g/mol. The lowest BCUT2D eigenvalue weighted by atomic mass is 9.84. The average molecular weight is 229 g/mol. The summed E-state index contributed by atoms with van der Waals surface area (Å²) in [6, 6.07) is 0. The smallest absolute Gasteiger partial charge is 0.144 e. The molecule has 0 aromatic rings. The van der Waals surface area contributed by atoms with Crippen LogP contribution in [-0.4, -0.2) is 15.5 Å². The second-order valence-electron chi connectivity index (χ2n) is 5.64. The molecule has 0 aromatic carbocycles. The van der Waals surface area contributed by atoms with Gasteiger partial charge < -0.3 is 4.55 Å². The van der Waals surface area contributed by atoms with Crippen LogP contribution >= 0.6 is 0 Å². The number of hydrogen-bond acceptors (Lipinski definition) is 2. The van der Waals surface area contributed by atoms with Crippen molar-refractivity contribution in [3.05, 3.63) is 0 Å². The highest BCUT2D eigenvalue weighted by Crippen LogP contribution is 2.27. The van der Waals surface area contributed by atoms with Gasteiger partial charge in [0.25, 0.3) is 0 Å². The molecule has 0 heterocycles. The summed E-state index contributed by atoms with van der Waals surface area (Å²) in [5.41, 5.74) is 0. The molecule has 15 heavy (non-hydrogen) atoms. The van der Waals surface area contributed by atoms with Gasteiger partial charge in [0.15, 0.2) is 0 Å². The molecular formula is C12H23NOS. The highest BCUT2D eigenvalue weighted by Gasteiger charge is 2.26. The largest absolute Gasteiger partial charge is 0.591 e. The molecule has 1 rings (SSSR count). The van der Waals surface area contributed by atoms with E-state index in [0.29, 0.717) is 5.92 Å². The Balaban J connectivity index is 2.38. The molecule has 1 aliphatic carbocycles. The number of rotatable bonds is 2. The topological polar surface area (TPSA) is 35.4 Å². The van der Waals surface area contributed by atoms with E-state index in [4.69, 9.17) is 0 Å². The second-order valence-corrected chi connectivity index (χ2v) is 7.57. The van der Waals surface area contributed by atoms with E-state index in [1.165, 1.54) is 25.7 Å². The molecule has 0 amide bonds. The van der Waals surface area contributed by atoms with Crippen molar-refractivity contribution in [3.8, 4) is 0 Å². The summed E-state index contributed by atoms with van der Waals surface area (Å²) in [4.78, 5) is 0. The minimum absolute atomic E-state index is 0.224. The first-order valence-electron chi connectivity index (χ1n) is 5.86. The molecule has 0 aliphatic heterocycles. The highest BCUT2D eigenvalue weighted by atomic mass is 32.2. The number of nitrogens with zero attached hydrogens (tertiary/aromatic N) is 1. The van der Waals surface area contributed by atoms with Gasteiger partial charge in [-0.05, 0) is 45.4 Å². The van der Waals surface area contributed by atoms with Crippen LogP contribution in [0.5, 0.6) is 0 Å². The normalized spacial score (nSPS) is 30.7. The molecule has 0 saturated heterocycles. The van der Waals surface area contributed by atoms with Crippen LogP contribution in [-0.2, 0) is 11.4 Å². The predicted molar refractivity (Wildman–Crippen MR) is 67.5 cm³/mol. The summed E-state index contributed by atoms with van der Waals surface area (Å²) in [6.07, 6.45) is 6.95. The summed E-state index contributed by atoms with van der Waals surface area (Å²) in [5, 5.41) is 0. The Hall–Kier alpha value is -0.0200. The molecule has 2 nitrogen and oxygen atoms in total. The van der Waals surface area contributed by atoms with Gasteiger partial charge in [0.2, 0.25) is 0 Å². The van der Waals surface area contributed by atoms with Crippen LogP contribution < -0.4 is 0 Å². The van der Waals surface area contributed by atoms with Crippen LogP contribution in [0.4, 0.5) is 0 Å². The van der Waals surface area contributed by atoms with E-state index < -0.39 is 11.4 Å². The standard InChI is InChI=1S/C12H23NOS/c1-10-5-7-11(8-6-10)9-13-15(14)12(2,3)4/h9-11H,5-8H2,1-4H3/b13-9+/t10-,11-,15-/m0/s1. The molecule has 88 valence electrons. The van der Waals surface area contributed by atoms with E-state index in [1.54, 1.807) is 0 Å². The fourth-order valence-corrected chi connectivity index (χ4v) is 2.33. The van der Waals surface area contributed by atoms with Gasteiger partial charge in [-0.1, -0.05) is 24.2 Å². The fraction of sp³-hybridized carbons (Fsp3) is 0.917. The molecule has 0 aromatic heterocycles. The predicted octanol–water partition coefficient (Wildman–Crippen LogP) is 3.35. The molecule has 0 bridgehead atoms. The maximum atomic E-state index is 11.7. The van der Waals surface area contributed by atoms with Crippen molar-refractivity contribution < 1.29 is 4.55 Å². The van der Waals surface area contributed by atoms with Crippen LogP contribution in [0.1, 0.15) is 53.4 Å². The molecule has 0 N–H and O–H groups in total.